The highest BCUT2D eigenvalue weighted by molar-refractivity contribution is 9.10. The summed E-state index contributed by atoms with van der Waals surface area (Å²) in [7, 11) is 2.87. The maximum Gasteiger partial charge on any atom is 0.337 e. The lowest BCUT2D eigenvalue weighted by molar-refractivity contribution is -0.136. The first-order chi connectivity index (χ1) is 21.4. The Balaban J connectivity index is 1.53. The molecule has 4 aromatic rings. The topological polar surface area (TPSA) is 97.6 Å². The van der Waals surface area contributed by atoms with E-state index in [0.29, 0.717) is 57.7 Å². The average Bonchev–Trinajstić information content (AvgIpc) is 3.35. The van der Waals surface area contributed by atoms with E-state index >= 15 is 0 Å². The SMILES string of the molecule is CCOc1ccc([C@H]2C(C(=O)OC)=CN=c3s/c(=C\c4ccc(OCc5ccc(Br)cc5)c(OC)c4)c(=O)n32)cc1OCC. The molecule has 2 heterocycles. The van der Waals surface area contributed by atoms with Crippen molar-refractivity contribution in [3.8, 4) is 23.0 Å². The molecule has 1 aliphatic rings. The molecule has 1 aliphatic heterocycles. The summed E-state index contributed by atoms with van der Waals surface area (Å²) in [5, 5.41) is 0. The predicted octanol–water partition coefficient (Wildman–Crippen LogP) is 5.17. The smallest absolute Gasteiger partial charge is 0.337 e. The van der Waals surface area contributed by atoms with Gasteiger partial charge in [0.25, 0.3) is 5.56 Å². The van der Waals surface area contributed by atoms with E-state index in [9.17, 15) is 9.59 Å². The second-order valence-corrected chi connectivity index (χ2v) is 11.5. The highest BCUT2D eigenvalue weighted by atomic mass is 79.9. The van der Waals surface area contributed by atoms with Crippen LogP contribution in [0.3, 0.4) is 0 Å². The number of hydrogen-bond donors (Lipinski definition) is 0. The van der Waals surface area contributed by atoms with Crippen molar-refractivity contribution in [1.82, 2.24) is 4.57 Å². The summed E-state index contributed by atoms with van der Waals surface area (Å²) >= 11 is 4.67. The number of rotatable bonds is 11. The number of hydrogen-bond acceptors (Lipinski definition) is 9. The highest BCUT2D eigenvalue weighted by Crippen LogP contribution is 2.35. The summed E-state index contributed by atoms with van der Waals surface area (Å²) in [6.07, 6.45) is 3.23. The van der Waals surface area contributed by atoms with Gasteiger partial charge < -0.3 is 23.7 Å². The number of esters is 1. The Morgan fingerprint density at radius 2 is 1.64 bits per heavy atom. The van der Waals surface area contributed by atoms with Crippen LogP contribution in [0.15, 0.2) is 86.7 Å². The maximum atomic E-state index is 13.9. The summed E-state index contributed by atoms with van der Waals surface area (Å²) in [6, 6.07) is 18.0. The quantitative estimate of drug-likeness (QED) is 0.202. The molecule has 0 aliphatic carbocycles. The van der Waals surface area contributed by atoms with E-state index in [0.717, 1.165) is 15.6 Å². The Morgan fingerprint density at radius 3 is 2.34 bits per heavy atom. The Bertz CT molecular complexity index is 1880. The number of fused-ring (bicyclic) bond motifs is 1. The third-order valence-electron chi connectivity index (χ3n) is 6.80. The van der Waals surface area contributed by atoms with Crippen LogP contribution < -0.4 is 33.8 Å². The molecule has 228 valence electrons. The number of ether oxygens (including phenoxy) is 5. The van der Waals surface area contributed by atoms with E-state index in [1.54, 1.807) is 25.3 Å². The van der Waals surface area contributed by atoms with Gasteiger partial charge in [-0.25, -0.2) is 9.79 Å². The van der Waals surface area contributed by atoms with Crippen LogP contribution in [0.2, 0.25) is 0 Å². The molecular weight excluding hydrogens is 648 g/mol. The molecule has 3 aromatic carbocycles. The van der Waals surface area contributed by atoms with Crippen LogP contribution >= 0.6 is 27.3 Å². The number of benzene rings is 3. The van der Waals surface area contributed by atoms with Crippen molar-refractivity contribution in [1.29, 1.82) is 0 Å². The lowest BCUT2D eigenvalue weighted by Gasteiger charge is -2.23. The van der Waals surface area contributed by atoms with Crippen LogP contribution in [-0.2, 0) is 16.1 Å². The van der Waals surface area contributed by atoms with E-state index in [-0.39, 0.29) is 11.1 Å². The van der Waals surface area contributed by atoms with Crippen LogP contribution in [-0.4, -0.2) is 38.0 Å². The fourth-order valence-corrected chi connectivity index (χ4v) is 6.01. The van der Waals surface area contributed by atoms with E-state index in [1.165, 1.54) is 29.2 Å². The molecular formula is C33H31BrN2O7S. The summed E-state index contributed by atoms with van der Waals surface area (Å²) in [4.78, 5) is 31.7. The zero-order chi connectivity index (χ0) is 31.2. The van der Waals surface area contributed by atoms with Crippen LogP contribution in [0.1, 0.15) is 36.6 Å². The van der Waals surface area contributed by atoms with Crippen LogP contribution in [0.25, 0.3) is 6.08 Å². The molecule has 0 amide bonds. The molecule has 0 bridgehead atoms. The van der Waals surface area contributed by atoms with Gasteiger partial charge >= 0.3 is 5.97 Å². The molecule has 0 unspecified atom stereocenters. The second kappa shape index (κ2) is 14.0. The number of carbonyl (C=O) groups excluding carboxylic acids is 1. The van der Waals surface area contributed by atoms with Crippen molar-refractivity contribution in [3.63, 3.8) is 0 Å². The maximum absolute atomic E-state index is 13.9. The molecule has 0 fully saturated rings. The Kier molecular flexibility index (Phi) is 9.86. The van der Waals surface area contributed by atoms with Crippen molar-refractivity contribution in [2.75, 3.05) is 27.4 Å². The zero-order valence-electron chi connectivity index (χ0n) is 24.7. The first-order valence-corrected chi connectivity index (χ1v) is 15.5. The van der Waals surface area contributed by atoms with Crippen LogP contribution in [0, 0.1) is 0 Å². The van der Waals surface area contributed by atoms with E-state index in [4.69, 9.17) is 23.7 Å². The predicted molar refractivity (Wildman–Crippen MR) is 171 cm³/mol. The van der Waals surface area contributed by atoms with E-state index < -0.39 is 12.0 Å². The molecule has 0 N–H and O–H groups in total. The molecule has 11 heteroatoms. The molecule has 1 aromatic heterocycles. The minimum Gasteiger partial charge on any atom is -0.493 e. The largest absolute Gasteiger partial charge is 0.493 e. The number of methoxy groups -OCH3 is 2. The Hall–Kier alpha value is -4.35. The van der Waals surface area contributed by atoms with Gasteiger partial charge in [-0.05, 0) is 73.0 Å². The van der Waals surface area contributed by atoms with Gasteiger partial charge in [0.2, 0.25) is 0 Å². The lowest BCUT2D eigenvalue weighted by atomic mass is 9.97. The van der Waals surface area contributed by atoms with Crippen LogP contribution in [0.4, 0.5) is 0 Å². The zero-order valence-corrected chi connectivity index (χ0v) is 27.1. The minimum absolute atomic E-state index is 0.229. The molecule has 44 heavy (non-hydrogen) atoms. The Morgan fingerprint density at radius 1 is 0.932 bits per heavy atom. The number of nitrogens with zero attached hydrogens (tertiary/aromatic N) is 2. The van der Waals surface area contributed by atoms with Crippen molar-refractivity contribution in [3.05, 3.63) is 113 Å². The van der Waals surface area contributed by atoms with Gasteiger partial charge in [0.05, 0.1) is 43.6 Å². The van der Waals surface area contributed by atoms with Gasteiger partial charge in [-0.2, -0.15) is 0 Å². The van der Waals surface area contributed by atoms with E-state index in [2.05, 4.69) is 20.9 Å². The fraction of sp³-hybridized carbons (Fsp3) is 0.242. The first kappa shape index (κ1) is 31.1. The van der Waals surface area contributed by atoms with Gasteiger partial charge in [0.1, 0.15) is 6.61 Å². The van der Waals surface area contributed by atoms with Gasteiger partial charge in [0.15, 0.2) is 27.8 Å². The van der Waals surface area contributed by atoms with Gasteiger partial charge in [-0.3, -0.25) is 9.36 Å². The number of halogens is 1. The van der Waals surface area contributed by atoms with Crippen molar-refractivity contribution >= 4 is 39.3 Å². The molecule has 0 saturated heterocycles. The molecule has 0 spiro atoms. The van der Waals surface area contributed by atoms with Crippen molar-refractivity contribution in [2.45, 2.75) is 26.5 Å². The van der Waals surface area contributed by atoms with Crippen molar-refractivity contribution < 1.29 is 28.5 Å². The summed E-state index contributed by atoms with van der Waals surface area (Å²) in [5.74, 6) is 1.63. The number of carbonyl (C=O) groups is 1. The van der Waals surface area contributed by atoms with Gasteiger partial charge in [0, 0.05) is 10.7 Å². The molecule has 1 atom stereocenters. The van der Waals surface area contributed by atoms with E-state index in [1.807, 2.05) is 62.4 Å². The average molecular weight is 680 g/mol. The molecule has 0 radical (unpaired) electrons. The molecule has 5 rings (SSSR count). The normalized spacial score (nSPS) is 14.2. The van der Waals surface area contributed by atoms with Gasteiger partial charge in [-0.15, -0.1) is 0 Å². The molecule has 0 saturated carbocycles. The van der Waals surface area contributed by atoms with Crippen LogP contribution in [0.5, 0.6) is 23.0 Å². The number of aromatic nitrogens is 1. The van der Waals surface area contributed by atoms with Gasteiger partial charge in [-0.1, -0.05) is 51.5 Å². The third-order valence-corrected chi connectivity index (χ3v) is 8.33. The number of thiazole rings is 1. The Labute approximate surface area is 266 Å². The lowest BCUT2D eigenvalue weighted by Crippen LogP contribution is -2.39. The highest BCUT2D eigenvalue weighted by Gasteiger charge is 2.31. The standard InChI is InChI=1S/C33H31BrN2O7S/c1-5-41-26-14-10-22(17-28(26)42-6-2)30-24(32(38)40-4)18-35-33-36(30)31(37)29(44-33)16-21-9-13-25(27(15-21)39-3)43-19-20-7-11-23(34)12-8-20/h7-18,30H,5-6,19H2,1-4H3/b29-16-/t30-/m0/s1. The second-order valence-electron chi connectivity index (χ2n) is 9.57. The summed E-state index contributed by atoms with van der Waals surface area (Å²) < 4.78 is 31.2. The first-order valence-electron chi connectivity index (χ1n) is 13.9. The summed E-state index contributed by atoms with van der Waals surface area (Å²) in [5.41, 5.74) is 2.35. The summed E-state index contributed by atoms with van der Waals surface area (Å²) in [6.45, 7) is 5.02. The minimum atomic E-state index is -0.778. The third kappa shape index (κ3) is 6.58. The molecule has 9 nitrogen and oxygen atoms in total. The fourth-order valence-electron chi connectivity index (χ4n) is 4.77. The monoisotopic (exact) mass is 678 g/mol. The van der Waals surface area contributed by atoms with Crippen molar-refractivity contribution in [2.24, 2.45) is 4.99 Å².